The predicted octanol–water partition coefficient (Wildman–Crippen LogP) is -2.96. The summed E-state index contributed by atoms with van der Waals surface area (Å²) >= 11 is 0. The van der Waals surface area contributed by atoms with E-state index < -0.39 is 0 Å². The van der Waals surface area contributed by atoms with Crippen molar-refractivity contribution in [2.45, 2.75) is 0 Å². The third-order valence-corrected chi connectivity index (χ3v) is 4.71. The Morgan fingerprint density at radius 1 is 0.400 bits per heavy atom. The van der Waals surface area contributed by atoms with E-state index in [9.17, 15) is 0 Å². The number of hydrogen-bond acceptors (Lipinski definition) is 8. The van der Waals surface area contributed by atoms with Crippen LogP contribution in [0.15, 0.2) is 0 Å². The average molecular weight is 408 g/mol. The molecule has 0 atom stereocenters. The van der Waals surface area contributed by atoms with Gasteiger partial charge in [-0.05, 0) is 0 Å². The van der Waals surface area contributed by atoms with E-state index in [1.165, 1.54) is 0 Å². The van der Waals surface area contributed by atoms with E-state index in [1.807, 2.05) is 0 Å². The second kappa shape index (κ2) is 16.4. The molecule has 0 spiro atoms. The first kappa shape index (κ1) is 25.2. The molecule has 0 saturated carbocycles. The van der Waals surface area contributed by atoms with Crippen molar-refractivity contribution in [2.24, 2.45) is 22.9 Å². The second-order valence-electron chi connectivity index (χ2n) is 6.52. The van der Waals surface area contributed by atoms with Crippen LogP contribution in [-0.2, 0) is 17.1 Å². The van der Waals surface area contributed by atoms with Crippen LogP contribution in [0.25, 0.3) is 0 Å². The number of nitrogens with two attached hydrogens (primary N) is 4. The molecule has 0 aromatic carbocycles. The van der Waals surface area contributed by atoms with Gasteiger partial charge in [-0.1, -0.05) is 0 Å². The Bertz CT molecular complexity index is 225. The van der Waals surface area contributed by atoms with Crippen LogP contribution in [0.5, 0.6) is 0 Å². The summed E-state index contributed by atoms with van der Waals surface area (Å²) in [4.78, 5) is 9.86. The van der Waals surface area contributed by atoms with Crippen molar-refractivity contribution in [3.8, 4) is 0 Å². The van der Waals surface area contributed by atoms with Crippen molar-refractivity contribution in [1.29, 1.82) is 0 Å². The van der Waals surface area contributed by atoms with E-state index >= 15 is 0 Å². The SMILES string of the molecule is NCCN1CCN(CCN)CCN(CCN)CCN(CCN)CC1.[Cu+2]. The number of hydrogen-bond donors (Lipinski definition) is 4. The van der Waals surface area contributed by atoms with Gasteiger partial charge in [-0.25, -0.2) is 0 Å². The van der Waals surface area contributed by atoms with Crippen LogP contribution in [-0.4, -0.2) is 124 Å². The van der Waals surface area contributed by atoms with Crippen LogP contribution in [0.4, 0.5) is 0 Å². The summed E-state index contributed by atoms with van der Waals surface area (Å²) < 4.78 is 0. The maximum Gasteiger partial charge on any atom is 2.00 e. The van der Waals surface area contributed by atoms with E-state index in [4.69, 9.17) is 22.9 Å². The summed E-state index contributed by atoms with van der Waals surface area (Å²) in [6.45, 7) is 15.0. The van der Waals surface area contributed by atoms with E-state index in [-0.39, 0.29) is 17.1 Å². The third kappa shape index (κ3) is 11.5. The van der Waals surface area contributed by atoms with Crippen molar-refractivity contribution in [1.82, 2.24) is 19.6 Å². The molecule has 1 rings (SSSR count). The molecule has 0 aromatic rings. The van der Waals surface area contributed by atoms with Gasteiger partial charge in [0.05, 0.1) is 0 Å². The monoisotopic (exact) mass is 407 g/mol. The van der Waals surface area contributed by atoms with E-state index in [1.54, 1.807) is 0 Å². The van der Waals surface area contributed by atoms with E-state index in [0.29, 0.717) is 26.2 Å². The minimum atomic E-state index is 0. The average Bonchev–Trinajstić information content (AvgIpc) is 2.57. The summed E-state index contributed by atoms with van der Waals surface area (Å²) in [6, 6.07) is 0. The molecule has 1 aliphatic heterocycles. The molecule has 153 valence electrons. The molecule has 1 saturated heterocycles. The molecule has 0 aliphatic carbocycles. The van der Waals surface area contributed by atoms with Crippen LogP contribution >= 0.6 is 0 Å². The Morgan fingerprint density at radius 3 is 0.680 bits per heavy atom. The first-order valence-corrected chi connectivity index (χ1v) is 9.43. The van der Waals surface area contributed by atoms with Gasteiger partial charge < -0.3 is 22.9 Å². The zero-order chi connectivity index (χ0) is 17.6. The van der Waals surface area contributed by atoms with Gasteiger partial charge in [0.1, 0.15) is 0 Å². The fourth-order valence-electron chi connectivity index (χ4n) is 3.20. The Morgan fingerprint density at radius 2 is 0.560 bits per heavy atom. The van der Waals surface area contributed by atoms with Gasteiger partial charge in [-0.2, -0.15) is 0 Å². The van der Waals surface area contributed by atoms with Crippen molar-refractivity contribution >= 4 is 0 Å². The minimum absolute atomic E-state index is 0. The molecule has 1 heterocycles. The normalized spacial score (nSPS) is 20.6. The maximum absolute atomic E-state index is 5.79. The summed E-state index contributed by atoms with van der Waals surface area (Å²) in [5.74, 6) is 0. The summed E-state index contributed by atoms with van der Waals surface area (Å²) in [5.41, 5.74) is 23.1. The molecule has 25 heavy (non-hydrogen) atoms. The molecule has 1 aliphatic rings. The molecule has 8 N–H and O–H groups in total. The molecule has 0 bridgehead atoms. The standard InChI is InChI=1S/C16H40N8.Cu/c17-1-5-21-9-11-22(6-2-18)13-15-24(8-4-20)16-14-23(7-3-19)12-10-21;/h1-20H2;/q;+2. The van der Waals surface area contributed by atoms with E-state index in [0.717, 1.165) is 78.5 Å². The molecule has 0 aromatic heterocycles. The van der Waals surface area contributed by atoms with Crippen LogP contribution in [0.3, 0.4) is 0 Å². The van der Waals surface area contributed by atoms with Gasteiger partial charge in [-0.15, -0.1) is 0 Å². The summed E-state index contributed by atoms with van der Waals surface area (Å²) in [5, 5.41) is 0. The van der Waals surface area contributed by atoms with Crippen LogP contribution in [0, 0.1) is 0 Å². The van der Waals surface area contributed by atoms with Gasteiger partial charge in [-0.3, -0.25) is 19.6 Å². The molecule has 8 nitrogen and oxygen atoms in total. The van der Waals surface area contributed by atoms with Crippen molar-refractivity contribution in [2.75, 3.05) is 105 Å². The Hall–Kier alpha value is 0.199. The fourth-order valence-corrected chi connectivity index (χ4v) is 3.20. The molecule has 0 amide bonds. The Kier molecular flexibility index (Phi) is 16.5. The Labute approximate surface area is 164 Å². The zero-order valence-corrected chi connectivity index (χ0v) is 16.7. The van der Waals surface area contributed by atoms with Gasteiger partial charge in [0.15, 0.2) is 0 Å². The largest absolute Gasteiger partial charge is 2.00 e. The topological polar surface area (TPSA) is 117 Å². The van der Waals surface area contributed by atoms with Crippen molar-refractivity contribution in [3.63, 3.8) is 0 Å². The fraction of sp³-hybridized carbons (Fsp3) is 1.00. The third-order valence-electron chi connectivity index (χ3n) is 4.71. The molecule has 9 heteroatoms. The van der Waals surface area contributed by atoms with Crippen molar-refractivity contribution in [3.05, 3.63) is 0 Å². The quantitative estimate of drug-likeness (QED) is 0.315. The predicted molar refractivity (Wildman–Crippen MR) is 102 cm³/mol. The number of nitrogens with zero attached hydrogens (tertiary/aromatic N) is 4. The first-order chi connectivity index (χ1) is 11.7. The van der Waals surface area contributed by atoms with Gasteiger partial charge >= 0.3 is 17.1 Å². The summed E-state index contributed by atoms with van der Waals surface area (Å²) in [6.07, 6.45) is 0. The molecular formula is C16H40CuN8+2. The van der Waals surface area contributed by atoms with Gasteiger partial charge in [0, 0.05) is 105 Å². The first-order valence-electron chi connectivity index (χ1n) is 9.43. The van der Waals surface area contributed by atoms with Crippen LogP contribution < -0.4 is 22.9 Å². The van der Waals surface area contributed by atoms with Crippen LogP contribution in [0.1, 0.15) is 0 Å². The maximum atomic E-state index is 5.79. The molecular weight excluding hydrogens is 368 g/mol. The molecule has 0 unspecified atom stereocenters. The van der Waals surface area contributed by atoms with E-state index in [2.05, 4.69) is 19.6 Å². The van der Waals surface area contributed by atoms with Gasteiger partial charge in [0.2, 0.25) is 0 Å². The molecule has 1 fully saturated rings. The molecule has 1 radical (unpaired) electrons. The Balaban J connectivity index is 0.00000576. The smallest absolute Gasteiger partial charge is 0.329 e. The van der Waals surface area contributed by atoms with Crippen LogP contribution in [0.2, 0.25) is 0 Å². The summed E-state index contributed by atoms with van der Waals surface area (Å²) in [7, 11) is 0. The van der Waals surface area contributed by atoms with Crippen molar-refractivity contribution < 1.29 is 17.1 Å². The van der Waals surface area contributed by atoms with Gasteiger partial charge in [0.25, 0.3) is 0 Å². The number of rotatable bonds is 8. The zero-order valence-electron chi connectivity index (χ0n) is 15.7. The second-order valence-corrected chi connectivity index (χ2v) is 6.52. The minimum Gasteiger partial charge on any atom is -0.329 e.